The molecule has 1 aromatic heterocycles. The van der Waals surface area contributed by atoms with Gasteiger partial charge in [0.2, 0.25) is 5.91 Å². The minimum atomic E-state index is -0.656. The molecule has 2 fully saturated rings. The number of ether oxygens (including phenoxy) is 1. The number of amides is 2. The van der Waals surface area contributed by atoms with E-state index in [0.717, 1.165) is 18.4 Å². The number of amidine groups is 1. The first-order valence-electron chi connectivity index (χ1n) is 10.9. The molecule has 2 amide bonds. The Morgan fingerprint density at radius 2 is 2.09 bits per heavy atom. The van der Waals surface area contributed by atoms with Crippen LogP contribution < -0.4 is 5.32 Å². The molecule has 0 bridgehead atoms. The van der Waals surface area contributed by atoms with Crippen molar-refractivity contribution >= 4 is 46.5 Å². The molecule has 2 aliphatic rings. The zero-order valence-electron chi connectivity index (χ0n) is 18.5. The number of likely N-dealkylation sites (tertiary alicyclic amines) is 1. The van der Waals surface area contributed by atoms with Gasteiger partial charge in [-0.05, 0) is 37.5 Å². The Labute approximate surface area is 202 Å². The molecule has 2 aliphatic heterocycles. The summed E-state index contributed by atoms with van der Waals surface area (Å²) < 4.78 is 5.61. The van der Waals surface area contributed by atoms with Crippen LogP contribution in [0.1, 0.15) is 55.5 Å². The molecule has 1 aromatic carbocycles. The standard InChI is InChI=1S/C24H26Cl2N4O3/c1-14-8-17(6-7-33-14)30-20(27)10-24(2,11-21(30)31)18-4-3-5-19(22(18)26)29-23(32)15-9-16(25)13-28-12-15/h3-5,9,12-14,17,27H,6-8,10-11H2,1-2H3,(H,29,32)/t14-,17-,24+/m1/s1. The highest BCUT2D eigenvalue weighted by Crippen LogP contribution is 2.43. The molecule has 2 saturated heterocycles. The van der Waals surface area contributed by atoms with Crippen LogP contribution in [-0.2, 0) is 14.9 Å². The minimum absolute atomic E-state index is 0.00861. The number of halogens is 2. The van der Waals surface area contributed by atoms with E-state index in [4.69, 9.17) is 33.3 Å². The number of nitrogens with zero attached hydrogens (tertiary/aromatic N) is 2. The summed E-state index contributed by atoms with van der Waals surface area (Å²) in [4.78, 5) is 31.4. The van der Waals surface area contributed by atoms with Crippen molar-refractivity contribution in [2.24, 2.45) is 0 Å². The van der Waals surface area contributed by atoms with Gasteiger partial charge in [0.1, 0.15) is 5.84 Å². The molecule has 0 saturated carbocycles. The molecule has 33 heavy (non-hydrogen) atoms. The fourth-order valence-electron chi connectivity index (χ4n) is 4.74. The van der Waals surface area contributed by atoms with Crippen molar-refractivity contribution in [3.63, 3.8) is 0 Å². The van der Waals surface area contributed by atoms with E-state index in [1.54, 1.807) is 17.0 Å². The van der Waals surface area contributed by atoms with Crippen molar-refractivity contribution in [2.45, 2.75) is 57.1 Å². The lowest BCUT2D eigenvalue weighted by atomic mass is 9.73. The van der Waals surface area contributed by atoms with Gasteiger partial charge in [0.25, 0.3) is 5.91 Å². The third-order valence-corrected chi connectivity index (χ3v) is 6.96. The average Bonchev–Trinajstić information content (AvgIpc) is 2.74. The van der Waals surface area contributed by atoms with Crippen molar-refractivity contribution in [2.75, 3.05) is 11.9 Å². The van der Waals surface area contributed by atoms with Crippen molar-refractivity contribution in [1.29, 1.82) is 5.41 Å². The summed E-state index contributed by atoms with van der Waals surface area (Å²) >= 11 is 12.7. The first-order chi connectivity index (χ1) is 15.7. The third-order valence-electron chi connectivity index (χ3n) is 6.35. The van der Waals surface area contributed by atoms with Gasteiger partial charge in [-0.1, -0.05) is 42.3 Å². The predicted octanol–water partition coefficient (Wildman–Crippen LogP) is 5.07. The second kappa shape index (κ2) is 9.41. The van der Waals surface area contributed by atoms with Gasteiger partial charge < -0.3 is 10.1 Å². The number of aromatic nitrogens is 1. The van der Waals surface area contributed by atoms with E-state index < -0.39 is 5.41 Å². The topological polar surface area (TPSA) is 95.4 Å². The fraction of sp³-hybridized carbons (Fsp3) is 0.417. The Morgan fingerprint density at radius 3 is 2.79 bits per heavy atom. The summed E-state index contributed by atoms with van der Waals surface area (Å²) in [5.74, 6) is -0.173. The van der Waals surface area contributed by atoms with E-state index >= 15 is 0 Å². The zero-order chi connectivity index (χ0) is 23.8. The molecule has 174 valence electrons. The van der Waals surface area contributed by atoms with Gasteiger partial charge in [-0.3, -0.25) is 24.9 Å². The monoisotopic (exact) mass is 488 g/mol. The maximum Gasteiger partial charge on any atom is 0.257 e. The summed E-state index contributed by atoms with van der Waals surface area (Å²) in [5.41, 5.74) is 0.812. The van der Waals surface area contributed by atoms with E-state index in [0.29, 0.717) is 40.2 Å². The molecule has 3 atom stereocenters. The lowest BCUT2D eigenvalue weighted by molar-refractivity contribution is -0.134. The zero-order valence-corrected chi connectivity index (χ0v) is 20.0. The highest BCUT2D eigenvalue weighted by Gasteiger charge is 2.44. The summed E-state index contributed by atoms with van der Waals surface area (Å²) in [6.45, 7) is 4.53. The van der Waals surface area contributed by atoms with Gasteiger partial charge >= 0.3 is 0 Å². The van der Waals surface area contributed by atoms with Crippen LogP contribution in [0.4, 0.5) is 5.69 Å². The number of nitrogens with one attached hydrogen (secondary N) is 2. The number of hydrogen-bond donors (Lipinski definition) is 2. The predicted molar refractivity (Wildman–Crippen MR) is 128 cm³/mol. The molecule has 2 aromatic rings. The molecule has 7 nitrogen and oxygen atoms in total. The Bertz CT molecular complexity index is 1090. The van der Waals surface area contributed by atoms with E-state index in [1.165, 1.54) is 18.5 Å². The van der Waals surface area contributed by atoms with Gasteiger partial charge in [0, 0.05) is 43.3 Å². The molecule has 0 aliphatic carbocycles. The number of pyridine rings is 1. The quantitative estimate of drug-likeness (QED) is 0.627. The van der Waals surface area contributed by atoms with Crippen LogP contribution in [0, 0.1) is 5.41 Å². The molecule has 9 heteroatoms. The van der Waals surface area contributed by atoms with Crippen molar-refractivity contribution in [3.8, 4) is 0 Å². The Morgan fingerprint density at radius 1 is 1.30 bits per heavy atom. The first-order valence-corrected chi connectivity index (χ1v) is 11.7. The Balaban J connectivity index is 1.56. The number of hydrogen-bond acceptors (Lipinski definition) is 5. The largest absolute Gasteiger partial charge is 0.378 e. The van der Waals surface area contributed by atoms with Crippen molar-refractivity contribution in [3.05, 3.63) is 57.8 Å². The number of anilines is 1. The molecular weight excluding hydrogens is 463 g/mol. The van der Waals surface area contributed by atoms with Crippen molar-refractivity contribution in [1.82, 2.24) is 9.88 Å². The van der Waals surface area contributed by atoms with Crippen LogP contribution in [0.15, 0.2) is 36.7 Å². The van der Waals surface area contributed by atoms with E-state index in [2.05, 4.69) is 10.3 Å². The Kier molecular flexibility index (Phi) is 6.75. The Hall–Kier alpha value is -2.48. The normalized spacial score (nSPS) is 25.8. The molecule has 3 heterocycles. The van der Waals surface area contributed by atoms with Crippen LogP contribution in [-0.4, -0.2) is 46.3 Å². The highest BCUT2D eigenvalue weighted by atomic mass is 35.5. The van der Waals surface area contributed by atoms with E-state index in [9.17, 15) is 9.59 Å². The number of benzene rings is 1. The maximum absolute atomic E-state index is 13.2. The highest BCUT2D eigenvalue weighted by molar-refractivity contribution is 6.35. The molecule has 4 rings (SSSR count). The SMILES string of the molecule is C[C@@H]1C[C@H](N2C(=N)C[C@](C)(c3cccc(NC(=O)c4cncc(Cl)c4)c3Cl)CC2=O)CCO1. The van der Waals surface area contributed by atoms with Crippen LogP contribution in [0.3, 0.4) is 0 Å². The minimum Gasteiger partial charge on any atom is -0.378 e. The van der Waals surface area contributed by atoms with Gasteiger partial charge in [-0.25, -0.2) is 0 Å². The van der Waals surface area contributed by atoms with Crippen molar-refractivity contribution < 1.29 is 14.3 Å². The molecule has 0 unspecified atom stereocenters. The summed E-state index contributed by atoms with van der Waals surface area (Å²) in [6.07, 6.45) is 5.01. The fourth-order valence-corrected chi connectivity index (χ4v) is 5.31. The third kappa shape index (κ3) is 4.90. The second-order valence-corrected chi connectivity index (χ2v) is 9.81. The maximum atomic E-state index is 13.2. The van der Waals surface area contributed by atoms with Crippen LogP contribution in [0.5, 0.6) is 0 Å². The van der Waals surface area contributed by atoms with Gasteiger partial charge in [-0.2, -0.15) is 0 Å². The summed E-state index contributed by atoms with van der Waals surface area (Å²) in [7, 11) is 0. The van der Waals surface area contributed by atoms with Crippen LogP contribution in [0.2, 0.25) is 10.0 Å². The van der Waals surface area contributed by atoms with Crippen LogP contribution >= 0.6 is 23.2 Å². The summed E-state index contributed by atoms with van der Waals surface area (Å²) in [6, 6.07) is 6.86. The second-order valence-electron chi connectivity index (χ2n) is 9.00. The first kappa shape index (κ1) is 23.7. The number of carbonyl (C=O) groups excluding carboxylic acids is 2. The van der Waals surface area contributed by atoms with E-state index in [1.807, 2.05) is 19.9 Å². The number of carbonyl (C=O) groups is 2. The smallest absolute Gasteiger partial charge is 0.257 e. The summed E-state index contributed by atoms with van der Waals surface area (Å²) in [5, 5.41) is 12.2. The molecular formula is C24H26Cl2N4O3. The van der Waals surface area contributed by atoms with Crippen LogP contribution in [0.25, 0.3) is 0 Å². The van der Waals surface area contributed by atoms with Gasteiger partial charge in [0.05, 0.1) is 27.4 Å². The molecule has 0 radical (unpaired) electrons. The van der Waals surface area contributed by atoms with Gasteiger partial charge in [-0.15, -0.1) is 0 Å². The van der Waals surface area contributed by atoms with E-state index in [-0.39, 0.29) is 30.4 Å². The number of piperidine rings is 1. The number of rotatable bonds is 4. The lowest BCUT2D eigenvalue weighted by Crippen LogP contribution is -2.54. The molecule has 2 N–H and O–H groups in total. The average molecular weight is 489 g/mol. The lowest BCUT2D eigenvalue weighted by Gasteiger charge is -2.44. The van der Waals surface area contributed by atoms with Gasteiger partial charge in [0.15, 0.2) is 0 Å². The molecule has 0 spiro atoms.